The van der Waals surface area contributed by atoms with Crippen LogP contribution in [0.15, 0.2) is 83.8 Å². The van der Waals surface area contributed by atoms with Crippen molar-refractivity contribution >= 4 is 27.2 Å². The highest BCUT2D eigenvalue weighted by Crippen LogP contribution is 2.29. The van der Waals surface area contributed by atoms with Crippen LogP contribution in [-0.4, -0.2) is 19.9 Å². The van der Waals surface area contributed by atoms with Gasteiger partial charge in [0.25, 0.3) is 0 Å². The molecule has 0 saturated carbocycles. The first-order valence-electron chi connectivity index (χ1n) is 11.7. The van der Waals surface area contributed by atoms with Crippen molar-refractivity contribution < 1.29 is 13.2 Å². The predicted molar refractivity (Wildman–Crippen MR) is 145 cm³/mol. The van der Waals surface area contributed by atoms with Gasteiger partial charge in [-0.15, -0.1) is 0 Å². The molecule has 186 valence electrons. The summed E-state index contributed by atoms with van der Waals surface area (Å²) < 4.78 is 28.7. The van der Waals surface area contributed by atoms with E-state index in [0.717, 1.165) is 16.7 Å². The molecule has 0 aromatic heterocycles. The summed E-state index contributed by atoms with van der Waals surface area (Å²) in [5, 5.41) is 12.1. The van der Waals surface area contributed by atoms with Crippen molar-refractivity contribution in [3.8, 4) is 17.2 Å². The van der Waals surface area contributed by atoms with Crippen molar-refractivity contribution in [2.45, 2.75) is 45.1 Å². The lowest BCUT2D eigenvalue weighted by Crippen LogP contribution is -2.40. The summed E-state index contributed by atoms with van der Waals surface area (Å²) >= 11 is 0. The Labute approximate surface area is 213 Å². The van der Waals surface area contributed by atoms with Crippen LogP contribution in [0.3, 0.4) is 0 Å². The van der Waals surface area contributed by atoms with Gasteiger partial charge in [-0.05, 0) is 73.7 Å². The van der Waals surface area contributed by atoms with E-state index in [0.29, 0.717) is 16.8 Å². The molecule has 3 aromatic rings. The van der Waals surface area contributed by atoms with E-state index in [1.165, 1.54) is 0 Å². The smallest absolute Gasteiger partial charge is 0.248 e. The van der Waals surface area contributed by atoms with Gasteiger partial charge in [0.15, 0.2) is 0 Å². The molecule has 0 atom stereocenters. The van der Waals surface area contributed by atoms with E-state index in [4.69, 9.17) is 0 Å². The van der Waals surface area contributed by atoms with Crippen LogP contribution in [0.2, 0.25) is 0 Å². The van der Waals surface area contributed by atoms with Crippen molar-refractivity contribution in [3.05, 3.63) is 90.0 Å². The largest absolute Gasteiger partial charge is 0.323 e. The molecular weight excluding hydrogens is 470 g/mol. The fourth-order valence-electron chi connectivity index (χ4n) is 3.80. The molecule has 0 saturated heterocycles. The zero-order chi connectivity index (χ0) is 26.5. The minimum atomic E-state index is -3.73. The number of sulfonamides is 1. The summed E-state index contributed by atoms with van der Waals surface area (Å²) in [6, 6.07) is 23.2. The second kappa shape index (κ2) is 10.9. The fourth-order valence-corrected chi connectivity index (χ4v) is 5.45. The van der Waals surface area contributed by atoms with E-state index in [9.17, 15) is 18.5 Å². The molecule has 1 amide bonds. The van der Waals surface area contributed by atoms with Crippen LogP contribution in [-0.2, 0) is 14.8 Å². The Hall–Kier alpha value is -3.73. The minimum Gasteiger partial charge on any atom is -0.323 e. The first-order valence-corrected chi connectivity index (χ1v) is 13.1. The highest BCUT2D eigenvalue weighted by Gasteiger charge is 2.24. The normalized spacial score (nSPS) is 12.3. The van der Waals surface area contributed by atoms with Gasteiger partial charge in [0.1, 0.15) is 0 Å². The molecule has 7 heteroatoms. The van der Waals surface area contributed by atoms with Crippen molar-refractivity contribution in [1.29, 1.82) is 5.26 Å². The Morgan fingerprint density at radius 2 is 1.64 bits per heavy atom. The Bertz CT molecular complexity index is 1430. The zero-order valence-corrected chi connectivity index (χ0v) is 22.0. The van der Waals surface area contributed by atoms with E-state index in [1.807, 2.05) is 19.9 Å². The molecule has 0 aliphatic heterocycles. The molecule has 0 aliphatic rings. The summed E-state index contributed by atoms with van der Waals surface area (Å²) in [6.07, 6.45) is 1.55. The summed E-state index contributed by atoms with van der Waals surface area (Å²) in [5.41, 5.74) is 3.46. The van der Waals surface area contributed by atoms with Gasteiger partial charge in [-0.2, -0.15) is 5.26 Å². The quantitative estimate of drug-likeness (QED) is 0.389. The number of allylic oxidation sites excluding steroid dienone is 1. The monoisotopic (exact) mass is 501 g/mol. The highest BCUT2D eigenvalue weighted by molar-refractivity contribution is 7.89. The predicted octanol–water partition coefficient (Wildman–Crippen LogP) is 5.98. The molecule has 3 aromatic carbocycles. The molecule has 36 heavy (non-hydrogen) atoms. The number of carbonyl (C=O) groups excluding carboxylic acids is 1. The van der Waals surface area contributed by atoms with Gasteiger partial charge < -0.3 is 5.32 Å². The maximum absolute atomic E-state index is 13.0. The van der Waals surface area contributed by atoms with E-state index in [1.54, 1.807) is 93.6 Å². The molecule has 6 nitrogen and oxygen atoms in total. The molecule has 0 heterocycles. The lowest BCUT2D eigenvalue weighted by molar-refractivity contribution is -0.111. The molecule has 3 rings (SSSR count). The zero-order valence-electron chi connectivity index (χ0n) is 21.2. The van der Waals surface area contributed by atoms with Gasteiger partial charge >= 0.3 is 0 Å². The average Bonchev–Trinajstić information content (AvgIpc) is 2.81. The second-order valence-electron chi connectivity index (χ2n) is 9.87. The third-order valence-electron chi connectivity index (χ3n) is 5.31. The van der Waals surface area contributed by atoms with E-state index in [-0.39, 0.29) is 16.7 Å². The van der Waals surface area contributed by atoms with Crippen molar-refractivity contribution in [1.82, 2.24) is 4.72 Å². The third kappa shape index (κ3) is 6.91. The van der Waals surface area contributed by atoms with Crippen LogP contribution in [0.5, 0.6) is 0 Å². The van der Waals surface area contributed by atoms with Gasteiger partial charge in [0.2, 0.25) is 15.9 Å². The van der Waals surface area contributed by atoms with Gasteiger partial charge in [-0.25, -0.2) is 13.1 Å². The number of amides is 1. The van der Waals surface area contributed by atoms with Gasteiger partial charge in [-0.1, -0.05) is 56.3 Å². The van der Waals surface area contributed by atoms with Crippen LogP contribution < -0.4 is 10.0 Å². The Kier molecular flexibility index (Phi) is 8.13. The Balaban J connectivity index is 1.85. The number of nitrogens with one attached hydrogen (secondary N) is 2. The lowest BCUT2D eigenvalue weighted by atomic mass is 9.93. The van der Waals surface area contributed by atoms with Crippen LogP contribution in [0.25, 0.3) is 16.7 Å². The molecule has 0 radical (unpaired) electrons. The average molecular weight is 502 g/mol. The van der Waals surface area contributed by atoms with Crippen molar-refractivity contribution in [3.63, 3.8) is 0 Å². The molecule has 0 bridgehead atoms. The number of hydrogen-bond acceptors (Lipinski definition) is 4. The van der Waals surface area contributed by atoms with Crippen molar-refractivity contribution in [2.75, 3.05) is 5.32 Å². The molecule has 0 spiro atoms. The van der Waals surface area contributed by atoms with Gasteiger partial charge in [0, 0.05) is 22.9 Å². The van der Waals surface area contributed by atoms with Gasteiger partial charge in [-0.3, -0.25) is 4.79 Å². The lowest BCUT2D eigenvalue weighted by Gasteiger charge is -2.21. The first-order chi connectivity index (χ1) is 16.9. The topological polar surface area (TPSA) is 99.1 Å². The fraction of sp³-hybridized carbons (Fsp3) is 0.241. The third-order valence-corrected chi connectivity index (χ3v) is 7.13. The van der Waals surface area contributed by atoms with E-state index >= 15 is 0 Å². The maximum Gasteiger partial charge on any atom is 0.248 e. The number of anilines is 1. The van der Waals surface area contributed by atoms with E-state index < -0.39 is 15.6 Å². The molecule has 2 N–H and O–H groups in total. The highest BCUT2D eigenvalue weighted by atomic mass is 32.2. The standard InChI is InChI=1S/C29H31N3O3S/c1-20(2)26(23-10-8-9-21(17-23)19-30)18-28(33)31-24-15-13-22(14-16-24)25-11-6-7-12-27(25)36(34,35)32-29(3,4)5/h6-18,20,32H,1-5H3,(H,31,33)/b26-18-. The van der Waals surface area contributed by atoms with Crippen molar-refractivity contribution in [2.24, 2.45) is 5.92 Å². The molecule has 0 unspecified atom stereocenters. The van der Waals surface area contributed by atoms with Crippen LogP contribution >= 0.6 is 0 Å². The summed E-state index contributed by atoms with van der Waals surface area (Å²) in [5.74, 6) is -0.210. The number of hydrogen-bond donors (Lipinski definition) is 2. The minimum absolute atomic E-state index is 0.0761. The van der Waals surface area contributed by atoms with Crippen LogP contribution in [0.4, 0.5) is 5.69 Å². The molecular formula is C29H31N3O3S. The number of carbonyl (C=O) groups is 1. The Morgan fingerprint density at radius 1 is 0.972 bits per heavy atom. The summed E-state index contributed by atoms with van der Waals surface area (Å²) in [6.45, 7) is 9.37. The molecule has 0 fully saturated rings. The number of nitrogens with zero attached hydrogens (tertiary/aromatic N) is 1. The maximum atomic E-state index is 13.0. The summed E-state index contributed by atoms with van der Waals surface area (Å²) in [7, 11) is -3.73. The Morgan fingerprint density at radius 3 is 2.25 bits per heavy atom. The molecule has 0 aliphatic carbocycles. The number of rotatable bonds is 7. The van der Waals surface area contributed by atoms with E-state index in [2.05, 4.69) is 16.1 Å². The summed E-state index contributed by atoms with van der Waals surface area (Å²) in [4.78, 5) is 13.0. The SMILES string of the molecule is CC(C)/C(=C/C(=O)Nc1ccc(-c2ccccc2S(=O)(=O)NC(C)(C)C)cc1)c1cccc(C#N)c1. The first kappa shape index (κ1) is 26.9. The van der Waals surface area contributed by atoms with Crippen LogP contribution in [0.1, 0.15) is 45.7 Å². The van der Waals surface area contributed by atoms with Crippen LogP contribution in [0, 0.1) is 17.2 Å². The number of nitriles is 1. The van der Waals surface area contributed by atoms with Gasteiger partial charge in [0.05, 0.1) is 16.5 Å². The second-order valence-corrected chi connectivity index (χ2v) is 11.5. The number of benzene rings is 3.